The molecule has 0 heterocycles. The van der Waals surface area contributed by atoms with Gasteiger partial charge in [-0.15, -0.1) is 0 Å². The molecule has 1 aromatic rings. The van der Waals surface area contributed by atoms with E-state index in [1.54, 1.807) is 12.1 Å². The van der Waals surface area contributed by atoms with Crippen LogP contribution in [0.25, 0.3) is 6.08 Å². The summed E-state index contributed by atoms with van der Waals surface area (Å²) in [5, 5.41) is 19.6. The van der Waals surface area contributed by atoms with Crippen LogP contribution in [0.2, 0.25) is 0 Å². The lowest BCUT2D eigenvalue weighted by molar-refractivity contribution is -0.150. The summed E-state index contributed by atoms with van der Waals surface area (Å²) in [4.78, 5) is 23.8. The number of esters is 2. The van der Waals surface area contributed by atoms with Crippen molar-refractivity contribution in [3.05, 3.63) is 29.8 Å². The summed E-state index contributed by atoms with van der Waals surface area (Å²) < 4.78 is 15.1. The van der Waals surface area contributed by atoms with Crippen LogP contribution in [0.15, 0.2) is 24.3 Å². The summed E-state index contributed by atoms with van der Waals surface area (Å²) in [5.74, 6) is -0.675. The van der Waals surface area contributed by atoms with E-state index in [1.165, 1.54) is 147 Å². The van der Waals surface area contributed by atoms with Gasteiger partial charge in [0.2, 0.25) is 0 Å². The predicted molar refractivity (Wildman–Crippen MR) is 183 cm³/mol. The molecule has 0 saturated heterocycles. The number of hydrogen-bond donors (Lipinski definition) is 2. The van der Waals surface area contributed by atoms with Crippen molar-refractivity contribution in [2.75, 3.05) is 20.3 Å². The number of aromatic hydroxyl groups is 1. The largest absolute Gasteiger partial charge is 0.504 e. The molecule has 0 saturated carbocycles. The number of benzene rings is 1. The van der Waals surface area contributed by atoms with Crippen molar-refractivity contribution in [2.45, 2.75) is 161 Å². The van der Waals surface area contributed by atoms with Crippen molar-refractivity contribution < 1.29 is 34.0 Å². The van der Waals surface area contributed by atoms with E-state index in [-0.39, 0.29) is 24.9 Å². The lowest BCUT2D eigenvalue weighted by Crippen LogP contribution is -2.24. The van der Waals surface area contributed by atoms with E-state index in [4.69, 9.17) is 14.2 Å². The minimum Gasteiger partial charge on any atom is -0.504 e. The van der Waals surface area contributed by atoms with Gasteiger partial charge >= 0.3 is 11.9 Å². The Labute approximate surface area is 274 Å². The number of carbonyl (C=O) groups is 2. The summed E-state index contributed by atoms with van der Waals surface area (Å²) in [7, 11) is 1.44. The Hall–Kier alpha value is -2.54. The number of ether oxygens (including phenoxy) is 3. The number of unbranched alkanes of at least 4 members (excludes halogenated alkanes) is 21. The second kappa shape index (κ2) is 28.9. The third kappa shape index (κ3) is 24.4. The van der Waals surface area contributed by atoms with Crippen LogP contribution in [0.3, 0.4) is 0 Å². The Balaban J connectivity index is 1.86. The topological polar surface area (TPSA) is 102 Å². The van der Waals surface area contributed by atoms with Crippen molar-refractivity contribution >= 4 is 18.0 Å². The third-order valence-corrected chi connectivity index (χ3v) is 8.20. The monoisotopic (exact) mass is 632 g/mol. The summed E-state index contributed by atoms with van der Waals surface area (Å²) in [6.45, 7) is 1.81. The molecule has 0 unspecified atom stereocenters. The molecule has 0 fully saturated rings. The molecule has 258 valence electrons. The quantitative estimate of drug-likeness (QED) is 0.0494. The summed E-state index contributed by atoms with van der Waals surface area (Å²) in [6.07, 6.45) is 31.2. The fourth-order valence-electron chi connectivity index (χ4n) is 5.38. The zero-order valence-corrected chi connectivity index (χ0v) is 28.6. The maximum atomic E-state index is 11.9. The maximum Gasteiger partial charge on any atom is 0.330 e. The predicted octanol–water partition coefficient (Wildman–Crippen LogP) is 9.85. The fraction of sp³-hybridized carbons (Fsp3) is 0.737. The van der Waals surface area contributed by atoms with E-state index >= 15 is 0 Å². The van der Waals surface area contributed by atoms with E-state index in [2.05, 4.69) is 6.92 Å². The van der Waals surface area contributed by atoms with Gasteiger partial charge in [-0.3, -0.25) is 4.79 Å². The number of aliphatic hydroxyl groups excluding tert-OH is 1. The third-order valence-electron chi connectivity index (χ3n) is 8.20. The van der Waals surface area contributed by atoms with Gasteiger partial charge < -0.3 is 24.4 Å². The highest BCUT2D eigenvalue weighted by atomic mass is 16.6. The number of phenols is 1. The number of carbonyl (C=O) groups excluding carboxylic acids is 2. The number of rotatable bonds is 30. The number of phenolic OH excluding ortho intramolecular Hbond substituents is 1. The van der Waals surface area contributed by atoms with Crippen LogP contribution in [0.4, 0.5) is 0 Å². The van der Waals surface area contributed by atoms with Crippen LogP contribution in [0, 0.1) is 0 Å². The molecule has 0 bridgehead atoms. The second-order valence-corrected chi connectivity index (χ2v) is 12.4. The zero-order valence-electron chi connectivity index (χ0n) is 28.6. The maximum absolute atomic E-state index is 11.9. The van der Waals surface area contributed by atoms with E-state index in [9.17, 15) is 19.8 Å². The van der Waals surface area contributed by atoms with E-state index in [0.717, 1.165) is 19.3 Å². The van der Waals surface area contributed by atoms with E-state index in [0.29, 0.717) is 17.7 Å². The van der Waals surface area contributed by atoms with E-state index in [1.807, 2.05) is 0 Å². The van der Waals surface area contributed by atoms with Crippen molar-refractivity contribution in [1.82, 2.24) is 0 Å². The van der Waals surface area contributed by atoms with E-state index < -0.39 is 12.1 Å². The van der Waals surface area contributed by atoms with Crippen LogP contribution in [-0.4, -0.2) is 48.6 Å². The van der Waals surface area contributed by atoms with Crippen LogP contribution in [0.1, 0.15) is 160 Å². The number of aliphatic hydroxyl groups is 1. The molecule has 7 heteroatoms. The first-order chi connectivity index (χ1) is 22.0. The van der Waals surface area contributed by atoms with Gasteiger partial charge in [-0.05, 0) is 30.2 Å². The minimum absolute atomic E-state index is 0.00536. The molecule has 0 aliphatic carbocycles. The van der Waals surface area contributed by atoms with Crippen LogP contribution in [0.5, 0.6) is 11.5 Å². The van der Waals surface area contributed by atoms with Gasteiger partial charge in [0.05, 0.1) is 7.11 Å². The van der Waals surface area contributed by atoms with Gasteiger partial charge in [0.25, 0.3) is 0 Å². The van der Waals surface area contributed by atoms with Gasteiger partial charge in [-0.25, -0.2) is 4.79 Å². The summed E-state index contributed by atoms with van der Waals surface area (Å²) in [6, 6.07) is 4.67. The average molecular weight is 633 g/mol. The molecular formula is C38H64O7. The SMILES string of the molecule is CCCCCCCCCCCCCCCCCCCCCCCCC(=O)OC[C@H](O)COC(=O)/C=C\c1ccc(O)c(OC)c1. The lowest BCUT2D eigenvalue weighted by atomic mass is 10.0. The zero-order chi connectivity index (χ0) is 32.8. The van der Waals surface area contributed by atoms with Crippen molar-refractivity contribution in [3.63, 3.8) is 0 Å². The first-order valence-electron chi connectivity index (χ1n) is 18.0. The van der Waals surface area contributed by atoms with Crippen LogP contribution in [-0.2, 0) is 19.1 Å². The molecule has 7 nitrogen and oxygen atoms in total. The molecule has 0 spiro atoms. The Morgan fingerprint density at radius 3 is 1.60 bits per heavy atom. The molecule has 0 aliphatic heterocycles. The smallest absolute Gasteiger partial charge is 0.330 e. The molecular weight excluding hydrogens is 568 g/mol. The van der Waals surface area contributed by atoms with Gasteiger partial charge in [-0.1, -0.05) is 148 Å². The average Bonchev–Trinajstić information content (AvgIpc) is 3.04. The molecule has 45 heavy (non-hydrogen) atoms. The number of methoxy groups -OCH3 is 1. The standard InChI is InChI=1S/C38H64O7/c1-3-4-5-6-7-8-9-10-11-12-13-14-15-16-17-18-19-20-21-22-23-24-25-37(41)44-31-34(39)32-45-38(42)29-27-33-26-28-35(40)36(30-33)43-2/h26-30,34,39-40H,3-25,31-32H2,1-2H3/b29-27-/t34-/m0/s1. The molecule has 1 rings (SSSR count). The fourth-order valence-corrected chi connectivity index (χ4v) is 5.38. The minimum atomic E-state index is -1.08. The Morgan fingerprint density at radius 1 is 0.689 bits per heavy atom. The highest BCUT2D eigenvalue weighted by Crippen LogP contribution is 2.26. The Bertz CT molecular complexity index is 898. The summed E-state index contributed by atoms with van der Waals surface area (Å²) >= 11 is 0. The molecule has 1 aromatic carbocycles. The molecule has 2 N–H and O–H groups in total. The highest BCUT2D eigenvalue weighted by molar-refractivity contribution is 5.87. The van der Waals surface area contributed by atoms with Crippen LogP contribution >= 0.6 is 0 Å². The Kier molecular flexibility index (Phi) is 26.0. The molecule has 0 aromatic heterocycles. The first kappa shape index (κ1) is 40.5. The lowest BCUT2D eigenvalue weighted by Gasteiger charge is -2.11. The molecule has 0 amide bonds. The normalized spacial score (nSPS) is 12.0. The molecule has 0 aliphatic rings. The van der Waals surface area contributed by atoms with Crippen molar-refractivity contribution in [3.8, 4) is 11.5 Å². The van der Waals surface area contributed by atoms with Crippen LogP contribution < -0.4 is 4.74 Å². The molecule has 1 atom stereocenters. The van der Waals surface area contributed by atoms with Crippen molar-refractivity contribution in [1.29, 1.82) is 0 Å². The first-order valence-corrected chi connectivity index (χ1v) is 18.0. The summed E-state index contributed by atoms with van der Waals surface area (Å²) in [5.41, 5.74) is 0.645. The van der Waals surface area contributed by atoms with Gasteiger partial charge in [-0.2, -0.15) is 0 Å². The van der Waals surface area contributed by atoms with Gasteiger partial charge in [0, 0.05) is 12.5 Å². The second-order valence-electron chi connectivity index (χ2n) is 12.4. The van der Waals surface area contributed by atoms with Crippen molar-refractivity contribution in [2.24, 2.45) is 0 Å². The highest BCUT2D eigenvalue weighted by Gasteiger charge is 2.11. The molecule has 0 radical (unpaired) electrons. The number of hydrogen-bond acceptors (Lipinski definition) is 7. The Morgan fingerprint density at radius 2 is 1.13 bits per heavy atom. The van der Waals surface area contributed by atoms with Gasteiger partial charge in [0.1, 0.15) is 19.3 Å². The van der Waals surface area contributed by atoms with Gasteiger partial charge in [0.15, 0.2) is 11.5 Å².